The van der Waals surface area contributed by atoms with Gasteiger partial charge in [-0.1, -0.05) is 48.8 Å². The molecule has 12 heavy (non-hydrogen) atoms. The summed E-state index contributed by atoms with van der Waals surface area (Å²) < 4.78 is 11.5. The van der Waals surface area contributed by atoms with E-state index < -0.39 is 0 Å². The number of halogens is 1. The SMILES string of the molecule is CCCCCC1OC1COCI. The highest BCUT2D eigenvalue weighted by Gasteiger charge is 2.37. The van der Waals surface area contributed by atoms with Crippen molar-refractivity contribution in [3.05, 3.63) is 0 Å². The molecule has 1 saturated heterocycles. The van der Waals surface area contributed by atoms with Gasteiger partial charge in [-0.3, -0.25) is 0 Å². The first-order valence-corrected chi connectivity index (χ1v) is 6.20. The van der Waals surface area contributed by atoms with Gasteiger partial charge in [0.05, 0.1) is 17.3 Å². The molecule has 1 heterocycles. The van der Waals surface area contributed by atoms with Gasteiger partial charge in [-0.15, -0.1) is 0 Å². The Labute approximate surface area is 88.1 Å². The summed E-state index contributed by atoms with van der Waals surface area (Å²) in [6, 6.07) is 0. The van der Waals surface area contributed by atoms with Gasteiger partial charge in [-0.2, -0.15) is 0 Å². The van der Waals surface area contributed by atoms with Crippen molar-refractivity contribution < 1.29 is 9.47 Å². The number of rotatable bonds is 7. The van der Waals surface area contributed by atoms with Crippen molar-refractivity contribution in [2.75, 3.05) is 11.2 Å². The molecule has 2 nitrogen and oxygen atoms in total. The Bertz CT molecular complexity index is 119. The highest BCUT2D eigenvalue weighted by atomic mass is 127. The Morgan fingerprint density at radius 3 is 2.83 bits per heavy atom. The van der Waals surface area contributed by atoms with E-state index in [0.29, 0.717) is 12.2 Å². The summed E-state index contributed by atoms with van der Waals surface area (Å²) >= 11 is 2.21. The first kappa shape index (κ1) is 10.7. The molecule has 2 unspecified atom stereocenters. The summed E-state index contributed by atoms with van der Waals surface area (Å²) in [6.45, 7) is 3.02. The molecule has 1 aliphatic rings. The van der Waals surface area contributed by atoms with Crippen LogP contribution in [0.1, 0.15) is 32.6 Å². The normalized spacial score (nSPS) is 27.5. The van der Waals surface area contributed by atoms with Crippen LogP contribution in [0.5, 0.6) is 0 Å². The Hall–Kier alpha value is 0.650. The molecule has 0 amide bonds. The average Bonchev–Trinajstić information content (AvgIpc) is 2.81. The molecule has 0 aliphatic carbocycles. The number of unbranched alkanes of at least 4 members (excludes halogenated alkanes) is 2. The van der Waals surface area contributed by atoms with Gasteiger partial charge >= 0.3 is 0 Å². The highest BCUT2D eigenvalue weighted by molar-refractivity contribution is 14.1. The number of hydrogen-bond donors (Lipinski definition) is 0. The summed E-state index contributed by atoms with van der Waals surface area (Å²) in [5, 5.41) is 0. The lowest BCUT2D eigenvalue weighted by Crippen LogP contribution is -2.03. The molecular formula is C9H17IO2. The fraction of sp³-hybridized carbons (Fsp3) is 1.00. The van der Waals surface area contributed by atoms with E-state index in [9.17, 15) is 0 Å². The average molecular weight is 284 g/mol. The first-order chi connectivity index (χ1) is 5.88. The summed E-state index contributed by atoms with van der Waals surface area (Å²) in [5.41, 5.74) is 0. The van der Waals surface area contributed by atoms with E-state index >= 15 is 0 Å². The molecule has 1 rings (SSSR count). The fourth-order valence-electron chi connectivity index (χ4n) is 1.34. The summed E-state index contributed by atoms with van der Waals surface area (Å²) in [6.07, 6.45) is 6.09. The third-order valence-corrected chi connectivity index (χ3v) is 2.58. The maximum absolute atomic E-state index is 5.44. The Balaban J connectivity index is 1.86. The van der Waals surface area contributed by atoms with Crippen LogP contribution in [0.15, 0.2) is 0 Å². The zero-order valence-electron chi connectivity index (χ0n) is 7.59. The number of alkyl halides is 1. The third kappa shape index (κ3) is 4.05. The van der Waals surface area contributed by atoms with E-state index in [1.54, 1.807) is 0 Å². The third-order valence-electron chi connectivity index (χ3n) is 2.14. The molecule has 0 radical (unpaired) electrons. The van der Waals surface area contributed by atoms with Gasteiger partial charge in [0.25, 0.3) is 0 Å². The van der Waals surface area contributed by atoms with Crippen LogP contribution in [0.2, 0.25) is 0 Å². The van der Waals surface area contributed by atoms with E-state index in [2.05, 4.69) is 29.5 Å². The van der Waals surface area contributed by atoms with Crippen LogP contribution >= 0.6 is 22.6 Å². The van der Waals surface area contributed by atoms with Gasteiger partial charge < -0.3 is 9.47 Å². The summed E-state index contributed by atoms with van der Waals surface area (Å²) in [5.74, 6) is 0. The minimum atomic E-state index is 0.414. The molecule has 1 fully saturated rings. The number of hydrogen-bond acceptors (Lipinski definition) is 2. The largest absolute Gasteiger partial charge is 0.368 e. The fourth-order valence-corrected chi connectivity index (χ4v) is 1.59. The minimum absolute atomic E-state index is 0.414. The lowest BCUT2D eigenvalue weighted by molar-refractivity contribution is 0.165. The minimum Gasteiger partial charge on any atom is -0.368 e. The van der Waals surface area contributed by atoms with E-state index in [0.717, 1.165) is 11.2 Å². The van der Waals surface area contributed by atoms with Crippen LogP contribution in [0, 0.1) is 0 Å². The van der Waals surface area contributed by atoms with Gasteiger partial charge in [0, 0.05) is 0 Å². The maximum Gasteiger partial charge on any atom is 0.107 e. The molecule has 0 bridgehead atoms. The van der Waals surface area contributed by atoms with Gasteiger partial charge in [0.15, 0.2) is 0 Å². The van der Waals surface area contributed by atoms with Crippen molar-refractivity contribution in [1.29, 1.82) is 0 Å². The van der Waals surface area contributed by atoms with Gasteiger partial charge in [0.1, 0.15) is 6.10 Å². The van der Waals surface area contributed by atoms with Crippen molar-refractivity contribution >= 4 is 22.6 Å². The Morgan fingerprint density at radius 2 is 2.17 bits per heavy atom. The highest BCUT2D eigenvalue weighted by Crippen LogP contribution is 2.27. The molecule has 0 aromatic carbocycles. The number of ether oxygens (including phenoxy) is 2. The lowest BCUT2D eigenvalue weighted by atomic mass is 10.1. The molecule has 3 heteroatoms. The van der Waals surface area contributed by atoms with Crippen molar-refractivity contribution in [2.24, 2.45) is 0 Å². The van der Waals surface area contributed by atoms with Crippen LogP contribution in [-0.4, -0.2) is 23.4 Å². The maximum atomic E-state index is 5.44. The summed E-state index contributed by atoms with van der Waals surface area (Å²) in [4.78, 5) is 0. The van der Waals surface area contributed by atoms with Gasteiger partial charge in [-0.05, 0) is 6.42 Å². The van der Waals surface area contributed by atoms with E-state index in [1.807, 2.05) is 0 Å². The molecule has 0 aromatic heterocycles. The first-order valence-electron chi connectivity index (χ1n) is 4.67. The van der Waals surface area contributed by atoms with Gasteiger partial charge in [0.2, 0.25) is 0 Å². The second-order valence-electron chi connectivity index (χ2n) is 3.19. The Morgan fingerprint density at radius 1 is 1.33 bits per heavy atom. The topological polar surface area (TPSA) is 21.8 Å². The predicted octanol–water partition coefficient (Wildman–Crippen LogP) is 2.74. The van der Waals surface area contributed by atoms with Crippen molar-refractivity contribution in [3.63, 3.8) is 0 Å². The van der Waals surface area contributed by atoms with E-state index in [1.165, 1.54) is 25.7 Å². The van der Waals surface area contributed by atoms with Gasteiger partial charge in [-0.25, -0.2) is 0 Å². The smallest absolute Gasteiger partial charge is 0.107 e. The zero-order valence-corrected chi connectivity index (χ0v) is 9.75. The van der Waals surface area contributed by atoms with Crippen LogP contribution in [0.4, 0.5) is 0 Å². The van der Waals surface area contributed by atoms with Crippen molar-refractivity contribution in [3.8, 4) is 0 Å². The molecule has 1 aliphatic heterocycles. The monoisotopic (exact) mass is 284 g/mol. The molecule has 0 aromatic rings. The molecule has 0 N–H and O–H groups in total. The standard InChI is InChI=1S/C9H17IO2/c1-2-3-4-5-8-9(12-8)6-11-7-10/h8-9H,2-7H2,1H3. The molecule has 72 valence electrons. The van der Waals surface area contributed by atoms with Crippen LogP contribution in [0.3, 0.4) is 0 Å². The lowest BCUT2D eigenvalue weighted by Gasteiger charge is -1.95. The molecule has 2 atom stereocenters. The van der Waals surface area contributed by atoms with Crippen molar-refractivity contribution in [1.82, 2.24) is 0 Å². The molecule has 0 spiro atoms. The van der Waals surface area contributed by atoms with E-state index in [4.69, 9.17) is 9.47 Å². The van der Waals surface area contributed by atoms with Crippen molar-refractivity contribution in [2.45, 2.75) is 44.8 Å². The van der Waals surface area contributed by atoms with Crippen LogP contribution in [-0.2, 0) is 9.47 Å². The van der Waals surface area contributed by atoms with Crippen LogP contribution in [0.25, 0.3) is 0 Å². The quantitative estimate of drug-likeness (QED) is 0.310. The van der Waals surface area contributed by atoms with Crippen LogP contribution < -0.4 is 0 Å². The molecular weight excluding hydrogens is 267 g/mol. The second-order valence-corrected chi connectivity index (χ2v) is 3.81. The predicted molar refractivity (Wildman–Crippen MR) is 57.6 cm³/mol. The number of epoxide rings is 1. The Kier molecular flexibility index (Phi) is 5.50. The van der Waals surface area contributed by atoms with E-state index in [-0.39, 0.29) is 0 Å². The summed E-state index contributed by atoms with van der Waals surface area (Å²) in [7, 11) is 0. The zero-order chi connectivity index (χ0) is 8.81. The molecule has 0 saturated carbocycles. The second kappa shape index (κ2) is 6.16.